The topological polar surface area (TPSA) is 173 Å². The van der Waals surface area contributed by atoms with Gasteiger partial charge in [-0.1, -0.05) is 42.5 Å². The van der Waals surface area contributed by atoms with Crippen LogP contribution in [0.1, 0.15) is 44.4 Å². The van der Waals surface area contributed by atoms with Crippen molar-refractivity contribution < 1.29 is 42.3 Å². The number of hydrogen-bond donors (Lipinski definition) is 4. The monoisotopic (exact) mass is 788 g/mol. The van der Waals surface area contributed by atoms with Gasteiger partial charge in [0.25, 0.3) is 0 Å². The lowest BCUT2D eigenvalue weighted by atomic mass is 10.1. The molecule has 2 atom stereocenters. The van der Waals surface area contributed by atoms with Crippen molar-refractivity contribution in [2.24, 2.45) is 17.5 Å². The normalized spacial score (nSPS) is 11.6. The molecule has 0 fully saturated rings. The number of methoxy groups -OCH3 is 2. The van der Waals surface area contributed by atoms with E-state index in [-0.39, 0.29) is 12.1 Å². The summed E-state index contributed by atoms with van der Waals surface area (Å²) >= 11 is 2.01. The van der Waals surface area contributed by atoms with Gasteiger partial charge < -0.3 is 34.7 Å². The lowest BCUT2D eigenvalue weighted by Crippen LogP contribution is -2.31. The first kappa shape index (κ1) is 46.4. The average molecular weight is 789 g/mol. The standard InChI is InChI=1S/C20H28N2O5S.C10H16N2O3S.C9H12O/c1-4-24-17-7-5-6-8-18(17)25-12-11-22-15(2)13-16-9-10-19(23-3)20(14-16)28-27-26-21;1-7(11)5-8-3-4-9(13-2)10(6-8)16-15-14-12;1-3-10-9-7-5-4-6-8(9)2/h5-10,14-15,22H,4,11-13,21H2,1-3H3;3-4,6-7H,5,11-12H2,1-2H3;4-7H,3H2,1-2H3. The van der Waals surface area contributed by atoms with Gasteiger partial charge in [0.15, 0.2) is 11.5 Å². The van der Waals surface area contributed by atoms with E-state index in [0.717, 1.165) is 88.2 Å². The lowest BCUT2D eigenvalue weighted by molar-refractivity contribution is -0.195. The van der Waals surface area contributed by atoms with Crippen LogP contribution in [0.4, 0.5) is 0 Å². The predicted octanol–water partition coefficient (Wildman–Crippen LogP) is 7.33. The van der Waals surface area contributed by atoms with Gasteiger partial charge in [0.2, 0.25) is 0 Å². The highest BCUT2D eigenvalue weighted by molar-refractivity contribution is 7.94. The molecule has 298 valence electrons. The van der Waals surface area contributed by atoms with Gasteiger partial charge in [0, 0.05) is 18.6 Å². The molecule has 0 aromatic heterocycles. The van der Waals surface area contributed by atoms with Gasteiger partial charge in [-0.2, -0.15) is 11.8 Å². The Morgan fingerprint density at radius 2 is 1.11 bits per heavy atom. The molecule has 0 spiro atoms. The summed E-state index contributed by atoms with van der Waals surface area (Å²) in [5, 5.41) is 3.46. The maximum absolute atomic E-state index is 5.83. The summed E-state index contributed by atoms with van der Waals surface area (Å²) < 4.78 is 36.6. The van der Waals surface area contributed by atoms with Gasteiger partial charge in [0.05, 0.1) is 61.3 Å². The number of hydrogen-bond acceptors (Lipinski definition) is 15. The van der Waals surface area contributed by atoms with Crippen LogP contribution in [0, 0.1) is 6.92 Å². The number of aryl methyl sites for hydroxylation is 1. The Morgan fingerprint density at radius 1 is 0.630 bits per heavy atom. The van der Waals surface area contributed by atoms with E-state index in [9.17, 15) is 0 Å². The van der Waals surface area contributed by atoms with Crippen LogP contribution >= 0.6 is 24.1 Å². The molecule has 0 aliphatic heterocycles. The molecule has 0 amide bonds. The fourth-order valence-electron chi connectivity index (χ4n) is 4.92. The van der Waals surface area contributed by atoms with Crippen molar-refractivity contribution in [1.82, 2.24) is 5.32 Å². The van der Waals surface area contributed by atoms with Crippen LogP contribution in [-0.2, 0) is 31.5 Å². The summed E-state index contributed by atoms with van der Waals surface area (Å²) in [6.45, 7) is 12.7. The first-order valence-electron chi connectivity index (χ1n) is 17.4. The summed E-state index contributed by atoms with van der Waals surface area (Å²) in [7, 11) is 3.20. The number of ether oxygens (including phenoxy) is 5. The highest BCUT2D eigenvalue weighted by Crippen LogP contribution is 2.32. The minimum Gasteiger partial charge on any atom is -0.495 e. The molecule has 0 radical (unpaired) electrons. The van der Waals surface area contributed by atoms with Crippen LogP contribution in [0.2, 0.25) is 0 Å². The third-order valence-electron chi connectivity index (χ3n) is 7.28. The quantitative estimate of drug-likeness (QED) is 0.0286. The number of benzene rings is 4. The first-order valence-corrected chi connectivity index (χ1v) is 18.9. The Balaban J connectivity index is 0.000000323. The van der Waals surface area contributed by atoms with Gasteiger partial charge in [-0.15, -0.1) is 18.6 Å². The molecule has 4 aromatic rings. The highest BCUT2D eigenvalue weighted by atomic mass is 32.2. The molecule has 4 rings (SSSR count). The Morgan fingerprint density at radius 3 is 1.59 bits per heavy atom. The molecule has 0 heterocycles. The molecule has 0 saturated carbocycles. The fourth-order valence-corrected chi connectivity index (χ4v) is 6.01. The molecule has 0 bridgehead atoms. The highest BCUT2D eigenvalue weighted by Gasteiger charge is 2.11. The third-order valence-corrected chi connectivity index (χ3v) is 8.57. The summed E-state index contributed by atoms with van der Waals surface area (Å²) in [5.74, 6) is 13.6. The van der Waals surface area contributed by atoms with Crippen LogP contribution in [0.25, 0.3) is 0 Å². The van der Waals surface area contributed by atoms with Gasteiger partial charge in [-0.05, 0) is 107 Å². The second-order valence-electron chi connectivity index (χ2n) is 11.6. The zero-order valence-corrected chi connectivity index (χ0v) is 33.8. The summed E-state index contributed by atoms with van der Waals surface area (Å²) in [6.07, 6.45) is 1.64. The zero-order chi connectivity index (χ0) is 39.6. The molecule has 54 heavy (non-hydrogen) atoms. The van der Waals surface area contributed by atoms with Crippen LogP contribution in [-0.4, -0.2) is 52.7 Å². The molecule has 4 aromatic carbocycles. The van der Waals surface area contributed by atoms with E-state index in [4.69, 9.17) is 45.5 Å². The summed E-state index contributed by atoms with van der Waals surface area (Å²) in [5.41, 5.74) is 9.18. The van der Waals surface area contributed by atoms with Crippen molar-refractivity contribution in [2.75, 3.05) is 40.6 Å². The van der Waals surface area contributed by atoms with E-state index in [0.29, 0.717) is 24.7 Å². The molecule has 15 heteroatoms. The van der Waals surface area contributed by atoms with E-state index in [1.54, 1.807) is 14.2 Å². The molecule has 7 N–H and O–H groups in total. The Labute approximate surface area is 328 Å². The van der Waals surface area contributed by atoms with Crippen molar-refractivity contribution in [3.63, 3.8) is 0 Å². The molecular weight excluding hydrogens is 733 g/mol. The van der Waals surface area contributed by atoms with Crippen molar-refractivity contribution >= 4 is 24.1 Å². The third kappa shape index (κ3) is 18.1. The zero-order valence-electron chi connectivity index (χ0n) is 32.2. The SMILES string of the molecule is CCOc1ccccc1C.CCOc1ccccc1OCCNC(C)Cc1ccc(OC)c(SOON)c1.COc1ccc(CC(C)N)cc1SOON. The van der Waals surface area contributed by atoms with E-state index in [2.05, 4.69) is 26.6 Å². The van der Waals surface area contributed by atoms with Crippen molar-refractivity contribution in [2.45, 2.75) is 69.3 Å². The number of rotatable bonds is 21. The maximum Gasteiger partial charge on any atom is 0.161 e. The Bertz CT molecular complexity index is 1600. The van der Waals surface area contributed by atoms with E-state index in [1.807, 2.05) is 113 Å². The van der Waals surface area contributed by atoms with Gasteiger partial charge in [0.1, 0.15) is 23.9 Å². The van der Waals surface area contributed by atoms with Crippen molar-refractivity contribution in [3.05, 3.63) is 102 Å². The van der Waals surface area contributed by atoms with Crippen LogP contribution < -0.4 is 46.5 Å². The number of para-hydroxylation sites is 3. The fraction of sp³-hybridized carbons (Fsp3) is 0.385. The molecule has 0 aliphatic rings. The minimum absolute atomic E-state index is 0.109. The lowest BCUT2D eigenvalue weighted by Gasteiger charge is -2.16. The second kappa shape index (κ2) is 27.8. The average Bonchev–Trinajstić information content (AvgIpc) is 3.17. The number of nitrogens with two attached hydrogens (primary N) is 3. The van der Waals surface area contributed by atoms with Gasteiger partial charge >= 0.3 is 0 Å². The second-order valence-corrected chi connectivity index (χ2v) is 13.1. The van der Waals surface area contributed by atoms with Gasteiger partial charge in [-0.3, -0.25) is 0 Å². The molecule has 2 unspecified atom stereocenters. The number of nitrogens with one attached hydrogen (secondary N) is 1. The summed E-state index contributed by atoms with van der Waals surface area (Å²) in [4.78, 5) is 9.81. The van der Waals surface area contributed by atoms with E-state index in [1.165, 1.54) is 5.56 Å². The Hall–Kier alpha value is -3.74. The van der Waals surface area contributed by atoms with Crippen LogP contribution in [0.3, 0.4) is 0 Å². The van der Waals surface area contributed by atoms with Crippen molar-refractivity contribution in [1.29, 1.82) is 0 Å². The van der Waals surface area contributed by atoms with Crippen LogP contribution in [0.5, 0.6) is 28.7 Å². The Kier molecular flexibility index (Phi) is 23.9. The maximum atomic E-state index is 5.83. The van der Waals surface area contributed by atoms with Crippen molar-refractivity contribution in [3.8, 4) is 28.7 Å². The van der Waals surface area contributed by atoms with E-state index >= 15 is 0 Å². The largest absolute Gasteiger partial charge is 0.495 e. The predicted molar refractivity (Wildman–Crippen MR) is 214 cm³/mol. The van der Waals surface area contributed by atoms with Gasteiger partial charge in [-0.25, -0.2) is 0 Å². The van der Waals surface area contributed by atoms with Crippen LogP contribution in [0.15, 0.2) is 94.7 Å². The molecule has 0 aliphatic carbocycles. The first-order chi connectivity index (χ1) is 26.2. The van der Waals surface area contributed by atoms with E-state index < -0.39 is 0 Å². The minimum atomic E-state index is 0.109. The molecule has 13 nitrogen and oxygen atoms in total. The smallest absolute Gasteiger partial charge is 0.161 e. The molecule has 0 saturated heterocycles. The summed E-state index contributed by atoms with van der Waals surface area (Å²) in [6, 6.07) is 27.8. The molecular formula is C39H56N4O9S2.